The van der Waals surface area contributed by atoms with Gasteiger partial charge in [-0.05, 0) is 18.6 Å². The number of rotatable bonds is 7. The SMILES string of the molecule is CCc1c(O)nc(SCc2ncc(-c3ccccc3)o2)n(-c2ccccc2OC)c1=O. The van der Waals surface area contributed by atoms with E-state index in [0.29, 0.717) is 40.4 Å². The Hall–Kier alpha value is -3.52. The number of oxazole rings is 1. The fourth-order valence-electron chi connectivity index (χ4n) is 3.20. The van der Waals surface area contributed by atoms with Gasteiger partial charge in [0.25, 0.3) is 5.56 Å². The van der Waals surface area contributed by atoms with Crippen molar-refractivity contribution in [3.63, 3.8) is 0 Å². The number of hydrogen-bond donors (Lipinski definition) is 1. The second kappa shape index (κ2) is 9.09. The number of benzene rings is 2. The van der Waals surface area contributed by atoms with E-state index in [1.807, 2.05) is 42.5 Å². The van der Waals surface area contributed by atoms with E-state index in [1.165, 1.54) is 16.3 Å². The highest BCUT2D eigenvalue weighted by atomic mass is 32.2. The van der Waals surface area contributed by atoms with E-state index < -0.39 is 0 Å². The molecule has 0 saturated heterocycles. The van der Waals surface area contributed by atoms with E-state index in [0.717, 1.165) is 5.56 Å². The van der Waals surface area contributed by atoms with Crippen LogP contribution in [0.5, 0.6) is 11.6 Å². The molecule has 2 aromatic carbocycles. The van der Waals surface area contributed by atoms with Crippen LogP contribution in [0.2, 0.25) is 0 Å². The summed E-state index contributed by atoms with van der Waals surface area (Å²) in [4.78, 5) is 21.8. The molecule has 0 spiro atoms. The van der Waals surface area contributed by atoms with Gasteiger partial charge < -0.3 is 14.3 Å². The first-order chi connectivity index (χ1) is 15.1. The molecule has 2 heterocycles. The Balaban J connectivity index is 1.70. The van der Waals surface area contributed by atoms with Crippen LogP contribution in [0.3, 0.4) is 0 Å². The summed E-state index contributed by atoms with van der Waals surface area (Å²) in [5.41, 5.74) is 1.40. The molecule has 158 valence electrons. The summed E-state index contributed by atoms with van der Waals surface area (Å²) in [6.45, 7) is 1.80. The predicted molar refractivity (Wildman–Crippen MR) is 119 cm³/mol. The summed E-state index contributed by atoms with van der Waals surface area (Å²) in [6.07, 6.45) is 2.03. The molecule has 7 nitrogen and oxygen atoms in total. The van der Waals surface area contributed by atoms with Crippen LogP contribution in [-0.4, -0.2) is 26.8 Å². The van der Waals surface area contributed by atoms with Crippen LogP contribution >= 0.6 is 11.8 Å². The van der Waals surface area contributed by atoms with Gasteiger partial charge in [0.05, 0.1) is 30.3 Å². The molecule has 4 rings (SSSR count). The molecule has 0 radical (unpaired) electrons. The molecule has 4 aromatic rings. The minimum atomic E-state index is -0.334. The summed E-state index contributed by atoms with van der Waals surface area (Å²) in [5, 5.41) is 10.6. The Bertz CT molecular complexity index is 1250. The number of aromatic hydroxyl groups is 1. The smallest absolute Gasteiger partial charge is 0.265 e. The lowest BCUT2D eigenvalue weighted by Gasteiger charge is -2.16. The first-order valence-electron chi connectivity index (χ1n) is 9.73. The average Bonchev–Trinajstić information content (AvgIpc) is 3.27. The van der Waals surface area contributed by atoms with Gasteiger partial charge in [0.1, 0.15) is 5.75 Å². The third-order valence-corrected chi connectivity index (χ3v) is 5.66. The van der Waals surface area contributed by atoms with Crippen molar-refractivity contribution in [2.75, 3.05) is 7.11 Å². The summed E-state index contributed by atoms with van der Waals surface area (Å²) in [5.74, 6) is 1.75. The van der Waals surface area contributed by atoms with E-state index >= 15 is 0 Å². The molecule has 1 N–H and O–H groups in total. The molecule has 0 amide bonds. The predicted octanol–water partition coefficient (Wildman–Crippen LogP) is 4.46. The van der Waals surface area contributed by atoms with Crippen molar-refractivity contribution in [3.8, 4) is 28.6 Å². The lowest BCUT2D eigenvalue weighted by molar-refractivity contribution is 0.408. The van der Waals surface area contributed by atoms with Crippen molar-refractivity contribution in [2.45, 2.75) is 24.3 Å². The van der Waals surface area contributed by atoms with E-state index in [4.69, 9.17) is 9.15 Å². The Morgan fingerprint density at radius 3 is 2.61 bits per heavy atom. The molecule has 0 aliphatic rings. The highest BCUT2D eigenvalue weighted by Gasteiger charge is 2.20. The van der Waals surface area contributed by atoms with Gasteiger partial charge in [0, 0.05) is 5.56 Å². The van der Waals surface area contributed by atoms with Gasteiger partial charge >= 0.3 is 0 Å². The maximum absolute atomic E-state index is 13.2. The number of methoxy groups -OCH3 is 1. The van der Waals surface area contributed by atoms with Crippen molar-refractivity contribution in [1.82, 2.24) is 14.5 Å². The maximum Gasteiger partial charge on any atom is 0.265 e. The zero-order valence-corrected chi connectivity index (χ0v) is 17.9. The second-order valence-electron chi connectivity index (χ2n) is 6.64. The third kappa shape index (κ3) is 4.20. The first kappa shape index (κ1) is 20.7. The highest BCUT2D eigenvalue weighted by molar-refractivity contribution is 7.98. The molecule has 0 unspecified atom stereocenters. The number of nitrogens with zero attached hydrogens (tertiary/aromatic N) is 3. The lowest BCUT2D eigenvalue weighted by atomic mass is 10.2. The van der Waals surface area contributed by atoms with E-state index in [-0.39, 0.29) is 17.0 Å². The number of thioether (sulfide) groups is 1. The first-order valence-corrected chi connectivity index (χ1v) is 10.7. The molecule has 2 aromatic heterocycles. The summed E-state index contributed by atoms with van der Waals surface area (Å²) < 4.78 is 12.8. The van der Waals surface area contributed by atoms with E-state index in [1.54, 1.807) is 32.4 Å². The van der Waals surface area contributed by atoms with Crippen LogP contribution in [0.1, 0.15) is 18.4 Å². The summed E-state index contributed by atoms with van der Waals surface area (Å²) in [7, 11) is 1.54. The molecule has 0 atom stereocenters. The van der Waals surface area contributed by atoms with Crippen LogP contribution < -0.4 is 10.3 Å². The largest absolute Gasteiger partial charge is 0.495 e. The number of aromatic nitrogens is 3. The van der Waals surface area contributed by atoms with Crippen molar-refractivity contribution in [2.24, 2.45) is 0 Å². The minimum Gasteiger partial charge on any atom is -0.495 e. The average molecular weight is 436 g/mol. The molecule has 8 heteroatoms. The van der Waals surface area contributed by atoms with Crippen LogP contribution in [0, 0.1) is 0 Å². The van der Waals surface area contributed by atoms with Gasteiger partial charge in [-0.25, -0.2) is 4.98 Å². The normalized spacial score (nSPS) is 10.9. The quantitative estimate of drug-likeness (QED) is 0.339. The van der Waals surface area contributed by atoms with Gasteiger partial charge in [-0.1, -0.05) is 61.2 Å². The zero-order valence-electron chi connectivity index (χ0n) is 17.1. The van der Waals surface area contributed by atoms with Gasteiger partial charge in [-0.2, -0.15) is 4.98 Å². The minimum absolute atomic E-state index is 0.248. The van der Waals surface area contributed by atoms with E-state index in [9.17, 15) is 9.90 Å². The standard InChI is InChI=1S/C23H21N3O4S/c1-3-16-21(27)25-23(26(22(16)28)17-11-7-8-12-18(17)29-2)31-14-20-24-13-19(30-20)15-9-5-4-6-10-15/h4-13,27H,3,14H2,1-2H3. The van der Waals surface area contributed by atoms with Crippen LogP contribution in [-0.2, 0) is 12.2 Å². The van der Waals surface area contributed by atoms with Crippen molar-refractivity contribution in [3.05, 3.63) is 82.6 Å². The zero-order chi connectivity index (χ0) is 21.8. The second-order valence-corrected chi connectivity index (χ2v) is 7.58. The molecule has 0 fully saturated rings. The Labute approximate surface area is 183 Å². The summed E-state index contributed by atoms with van der Waals surface area (Å²) >= 11 is 1.25. The van der Waals surface area contributed by atoms with Gasteiger partial charge in [-0.15, -0.1) is 0 Å². The van der Waals surface area contributed by atoms with Crippen LogP contribution in [0.15, 0.2) is 75.2 Å². The highest BCUT2D eigenvalue weighted by Crippen LogP contribution is 2.30. The van der Waals surface area contributed by atoms with Crippen molar-refractivity contribution < 1.29 is 14.3 Å². The van der Waals surface area contributed by atoms with Gasteiger partial charge in [0.15, 0.2) is 10.9 Å². The molecular formula is C23H21N3O4S. The number of ether oxygens (including phenoxy) is 1. The van der Waals surface area contributed by atoms with Crippen molar-refractivity contribution >= 4 is 11.8 Å². The van der Waals surface area contributed by atoms with E-state index in [2.05, 4.69) is 9.97 Å². The molecular weight excluding hydrogens is 414 g/mol. The third-order valence-electron chi connectivity index (χ3n) is 4.74. The van der Waals surface area contributed by atoms with Crippen molar-refractivity contribution in [1.29, 1.82) is 0 Å². The number of hydrogen-bond acceptors (Lipinski definition) is 7. The molecule has 0 aliphatic carbocycles. The lowest BCUT2D eigenvalue weighted by Crippen LogP contribution is -2.25. The fourth-order valence-corrected chi connectivity index (χ4v) is 4.05. The Kier molecular flexibility index (Phi) is 6.08. The maximum atomic E-state index is 13.2. The summed E-state index contributed by atoms with van der Waals surface area (Å²) in [6, 6.07) is 16.9. The molecule has 0 bridgehead atoms. The Morgan fingerprint density at radius 2 is 1.87 bits per heavy atom. The van der Waals surface area contributed by atoms with Gasteiger partial charge in [-0.3, -0.25) is 9.36 Å². The Morgan fingerprint density at radius 1 is 1.13 bits per heavy atom. The van der Waals surface area contributed by atoms with Crippen LogP contribution in [0.25, 0.3) is 17.0 Å². The monoisotopic (exact) mass is 435 g/mol. The fraction of sp³-hybridized carbons (Fsp3) is 0.174. The van der Waals surface area contributed by atoms with Crippen LogP contribution in [0.4, 0.5) is 0 Å². The molecule has 0 saturated carbocycles. The number of para-hydroxylation sites is 2. The van der Waals surface area contributed by atoms with Gasteiger partial charge in [0.2, 0.25) is 11.8 Å². The topological polar surface area (TPSA) is 90.4 Å². The molecule has 0 aliphatic heterocycles. The molecule has 31 heavy (non-hydrogen) atoms.